The van der Waals surface area contributed by atoms with Gasteiger partial charge in [-0.05, 0) is 38.5 Å². The van der Waals surface area contributed by atoms with Crippen LogP contribution in [0.5, 0.6) is 0 Å². The predicted octanol–water partition coefficient (Wildman–Crippen LogP) is 3.88. The second kappa shape index (κ2) is 5.40. The van der Waals surface area contributed by atoms with E-state index in [1.807, 2.05) is 0 Å². The van der Waals surface area contributed by atoms with Gasteiger partial charge in [-0.15, -0.1) is 0 Å². The maximum atomic E-state index is 2.46. The lowest BCUT2D eigenvalue weighted by molar-refractivity contribution is 0.619. The molecule has 11 heavy (non-hydrogen) atoms. The van der Waals surface area contributed by atoms with E-state index in [9.17, 15) is 0 Å². The van der Waals surface area contributed by atoms with Crippen molar-refractivity contribution in [1.29, 1.82) is 0 Å². The Morgan fingerprint density at radius 2 is 2.09 bits per heavy atom. The first-order valence-corrected chi connectivity index (χ1v) is 4.89. The summed E-state index contributed by atoms with van der Waals surface area (Å²) in [6, 6.07) is 0. The molecular formula is C11H19. The summed E-state index contributed by atoms with van der Waals surface area (Å²) in [7, 11) is 0. The Kier molecular flexibility index (Phi) is 4.33. The van der Waals surface area contributed by atoms with E-state index in [-0.39, 0.29) is 0 Å². The summed E-state index contributed by atoms with van der Waals surface area (Å²) in [5.74, 6) is 0. The van der Waals surface area contributed by atoms with Gasteiger partial charge in [0, 0.05) is 0 Å². The van der Waals surface area contributed by atoms with Gasteiger partial charge in [-0.1, -0.05) is 31.4 Å². The van der Waals surface area contributed by atoms with Crippen LogP contribution in [0.4, 0.5) is 0 Å². The van der Waals surface area contributed by atoms with E-state index >= 15 is 0 Å². The number of hydrogen-bond acceptors (Lipinski definition) is 0. The lowest BCUT2D eigenvalue weighted by Crippen LogP contribution is -1.89. The summed E-state index contributed by atoms with van der Waals surface area (Å²) in [4.78, 5) is 0. The Morgan fingerprint density at radius 3 is 2.91 bits per heavy atom. The summed E-state index contributed by atoms with van der Waals surface area (Å²) in [6.45, 7) is 2.15. The van der Waals surface area contributed by atoms with Crippen molar-refractivity contribution >= 4 is 0 Å². The highest BCUT2D eigenvalue weighted by Gasteiger charge is 2.00. The van der Waals surface area contributed by atoms with Crippen LogP contribution in [0.1, 0.15) is 51.9 Å². The third kappa shape index (κ3) is 3.60. The molecule has 1 rings (SSSR count). The molecule has 0 heteroatoms. The van der Waals surface area contributed by atoms with E-state index in [1.165, 1.54) is 44.9 Å². The van der Waals surface area contributed by atoms with Crippen molar-refractivity contribution in [3.05, 3.63) is 18.1 Å². The van der Waals surface area contributed by atoms with Crippen LogP contribution in [0.2, 0.25) is 0 Å². The summed E-state index contributed by atoms with van der Waals surface area (Å²) >= 11 is 0. The van der Waals surface area contributed by atoms with Crippen molar-refractivity contribution in [2.75, 3.05) is 0 Å². The smallest absolute Gasteiger partial charge is 0.0292 e. The molecule has 0 aromatic heterocycles. The van der Waals surface area contributed by atoms with Crippen LogP contribution in [0.25, 0.3) is 0 Å². The van der Waals surface area contributed by atoms with Gasteiger partial charge in [0.1, 0.15) is 0 Å². The topological polar surface area (TPSA) is 0 Å². The van der Waals surface area contributed by atoms with Crippen LogP contribution < -0.4 is 0 Å². The Bertz CT molecular complexity index is 122. The first kappa shape index (κ1) is 8.83. The molecule has 0 aromatic rings. The van der Waals surface area contributed by atoms with E-state index in [4.69, 9.17) is 0 Å². The third-order valence-electron chi connectivity index (χ3n) is 2.35. The first-order chi connectivity index (χ1) is 5.43. The van der Waals surface area contributed by atoms with Gasteiger partial charge in [-0.2, -0.15) is 0 Å². The van der Waals surface area contributed by atoms with E-state index in [0.717, 1.165) is 0 Å². The standard InChI is InChI=1S/C11H19/c1-2-8-11-9-6-4-3-5-7-10-11/h2,9H,3-8,10H2,1H3/b11-9-. The summed E-state index contributed by atoms with van der Waals surface area (Å²) in [5.41, 5.74) is 1.67. The molecule has 1 aliphatic carbocycles. The van der Waals surface area contributed by atoms with Crippen molar-refractivity contribution in [2.45, 2.75) is 51.9 Å². The summed E-state index contributed by atoms with van der Waals surface area (Å²) in [6.07, 6.45) is 14.3. The fraction of sp³-hybridized carbons (Fsp3) is 0.727. The van der Waals surface area contributed by atoms with Crippen molar-refractivity contribution in [2.24, 2.45) is 0 Å². The maximum absolute atomic E-state index is 2.46. The zero-order chi connectivity index (χ0) is 7.94. The molecule has 0 nitrogen and oxygen atoms in total. The molecule has 63 valence electrons. The molecule has 0 aliphatic heterocycles. The molecule has 0 aromatic carbocycles. The maximum Gasteiger partial charge on any atom is -0.0292 e. The van der Waals surface area contributed by atoms with E-state index in [0.29, 0.717) is 0 Å². The van der Waals surface area contributed by atoms with Gasteiger partial charge in [-0.25, -0.2) is 0 Å². The molecule has 1 radical (unpaired) electrons. The van der Waals surface area contributed by atoms with Gasteiger partial charge < -0.3 is 0 Å². The lowest BCUT2D eigenvalue weighted by Gasteiger charge is -2.09. The van der Waals surface area contributed by atoms with Crippen LogP contribution in [-0.2, 0) is 0 Å². The third-order valence-corrected chi connectivity index (χ3v) is 2.35. The highest BCUT2D eigenvalue weighted by Crippen LogP contribution is 2.19. The van der Waals surface area contributed by atoms with Gasteiger partial charge in [0.15, 0.2) is 0 Å². The molecule has 0 heterocycles. The molecular weight excluding hydrogens is 132 g/mol. The average Bonchev–Trinajstić information content (AvgIpc) is 1.94. The highest BCUT2D eigenvalue weighted by molar-refractivity contribution is 5.05. The zero-order valence-electron chi connectivity index (χ0n) is 7.60. The fourth-order valence-electron chi connectivity index (χ4n) is 1.71. The van der Waals surface area contributed by atoms with Gasteiger partial charge in [0.2, 0.25) is 0 Å². The van der Waals surface area contributed by atoms with Gasteiger partial charge >= 0.3 is 0 Å². The Hall–Kier alpha value is -0.260. The van der Waals surface area contributed by atoms with Crippen LogP contribution in [0.15, 0.2) is 11.6 Å². The van der Waals surface area contributed by atoms with Crippen LogP contribution in [0, 0.1) is 6.42 Å². The second-order valence-electron chi connectivity index (χ2n) is 3.43. The monoisotopic (exact) mass is 151 g/mol. The second-order valence-corrected chi connectivity index (χ2v) is 3.43. The Morgan fingerprint density at radius 1 is 1.27 bits per heavy atom. The van der Waals surface area contributed by atoms with Crippen molar-refractivity contribution in [3.8, 4) is 0 Å². The number of rotatable bonds is 2. The van der Waals surface area contributed by atoms with E-state index in [2.05, 4.69) is 19.4 Å². The molecule has 0 saturated carbocycles. The highest BCUT2D eigenvalue weighted by atomic mass is 14.1. The van der Waals surface area contributed by atoms with Crippen molar-refractivity contribution in [1.82, 2.24) is 0 Å². The molecule has 0 atom stereocenters. The number of allylic oxidation sites excluding steroid dienone is 2. The first-order valence-electron chi connectivity index (χ1n) is 4.89. The molecule has 0 amide bonds. The minimum atomic E-state index is 1.22. The number of hydrogen-bond donors (Lipinski definition) is 0. The van der Waals surface area contributed by atoms with Crippen molar-refractivity contribution < 1.29 is 0 Å². The van der Waals surface area contributed by atoms with E-state index < -0.39 is 0 Å². The Labute approximate surface area is 70.7 Å². The van der Waals surface area contributed by atoms with Crippen molar-refractivity contribution in [3.63, 3.8) is 0 Å². The fourth-order valence-corrected chi connectivity index (χ4v) is 1.71. The largest absolute Gasteiger partial charge is 0.0853 e. The molecule has 0 fully saturated rings. The minimum absolute atomic E-state index is 1.22. The molecule has 0 N–H and O–H groups in total. The van der Waals surface area contributed by atoms with Gasteiger partial charge in [0.25, 0.3) is 0 Å². The molecule has 0 saturated heterocycles. The molecule has 0 spiro atoms. The molecule has 0 bridgehead atoms. The summed E-state index contributed by atoms with van der Waals surface area (Å²) in [5, 5.41) is 0. The van der Waals surface area contributed by atoms with Gasteiger partial charge in [0.05, 0.1) is 0 Å². The Balaban J connectivity index is 2.32. The zero-order valence-corrected chi connectivity index (χ0v) is 7.60. The molecule has 0 unspecified atom stereocenters. The quantitative estimate of drug-likeness (QED) is 0.525. The summed E-state index contributed by atoms with van der Waals surface area (Å²) < 4.78 is 0. The normalized spacial score (nSPS) is 25.0. The predicted molar refractivity (Wildman–Crippen MR) is 50.4 cm³/mol. The average molecular weight is 151 g/mol. The van der Waals surface area contributed by atoms with E-state index in [1.54, 1.807) is 5.57 Å². The van der Waals surface area contributed by atoms with Crippen LogP contribution in [0.3, 0.4) is 0 Å². The van der Waals surface area contributed by atoms with Crippen LogP contribution in [-0.4, -0.2) is 0 Å². The van der Waals surface area contributed by atoms with Gasteiger partial charge in [-0.3, -0.25) is 0 Å². The molecule has 1 aliphatic rings. The minimum Gasteiger partial charge on any atom is -0.0853 e. The van der Waals surface area contributed by atoms with Crippen LogP contribution >= 0.6 is 0 Å². The lowest BCUT2D eigenvalue weighted by atomic mass is 9.97. The SMILES string of the molecule is C[CH]C/C1=C/CCCCCC1.